The number of unbranched alkanes of at least 4 members (excludes halogenated alkanes) is 1. The van der Waals surface area contributed by atoms with Crippen LogP contribution in [-0.2, 0) is 11.2 Å². The van der Waals surface area contributed by atoms with Gasteiger partial charge in [-0.2, -0.15) is 12.6 Å². The molecule has 1 aromatic rings. The number of aryl methyl sites for hydroxylation is 1. The molecule has 0 saturated carbocycles. The van der Waals surface area contributed by atoms with E-state index in [4.69, 9.17) is 16.7 Å². The van der Waals surface area contributed by atoms with Gasteiger partial charge in [0.25, 0.3) is 0 Å². The molecule has 0 heterocycles. The first-order chi connectivity index (χ1) is 7.59. The molecule has 88 valence electrons. The molecule has 1 N–H and O–H groups in total. The van der Waals surface area contributed by atoms with E-state index in [0.29, 0.717) is 6.42 Å². The molecule has 4 heteroatoms. The van der Waals surface area contributed by atoms with Gasteiger partial charge < -0.3 is 5.11 Å². The molecule has 0 aliphatic heterocycles. The molecule has 1 atom stereocenters. The molecule has 1 rings (SSSR count). The Morgan fingerprint density at radius 2 is 1.94 bits per heavy atom. The molecular formula is C12H15ClO2S. The van der Waals surface area contributed by atoms with E-state index in [1.165, 1.54) is 5.56 Å². The largest absolute Gasteiger partial charge is 0.480 e. The first-order valence-electron chi connectivity index (χ1n) is 5.25. The summed E-state index contributed by atoms with van der Waals surface area (Å²) in [5.41, 5.74) is 1.23. The van der Waals surface area contributed by atoms with E-state index < -0.39 is 11.2 Å². The van der Waals surface area contributed by atoms with Gasteiger partial charge in [-0.25, -0.2) is 0 Å². The topological polar surface area (TPSA) is 37.3 Å². The maximum Gasteiger partial charge on any atom is 0.316 e. The summed E-state index contributed by atoms with van der Waals surface area (Å²) in [7, 11) is 0. The molecule has 0 spiro atoms. The van der Waals surface area contributed by atoms with Crippen molar-refractivity contribution in [3.8, 4) is 0 Å². The van der Waals surface area contributed by atoms with Crippen molar-refractivity contribution >= 4 is 30.2 Å². The van der Waals surface area contributed by atoms with Crippen LogP contribution in [0.15, 0.2) is 24.3 Å². The summed E-state index contributed by atoms with van der Waals surface area (Å²) in [5.74, 6) is -0.838. The van der Waals surface area contributed by atoms with Gasteiger partial charge >= 0.3 is 5.97 Å². The van der Waals surface area contributed by atoms with Gasteiger partial charge in [0.15, 0.2) is 0 Å². The van der Waals surface area contributed by atoms with E-state index in [9.17, 15) is 4.79 Å². The Labute approximate surface area is 106 Å². The van der Waals surface area contributed by atoms with Crippen LogP contribution in [0.1, 0.15) is 24.8 Å². The summed E-state index contributed by atoms with van der Waals surface area (Å²) < 4.78 is 0. The van der Waals surface area contributed by atoms with Crippen molar-refractivity contribution in [1.82, 2.24) is 0 Å². The molecule has 0 aromatic heterocycles. The maximum absolute atomic E-state index is 10.5. The lowest BCUT2D eigenvalue weighted by Gasteiger charge is -2.05. The van der Waals surface area contributed by atoms with Gasteiger partial charge in [-0.1, -0.05) is 30.2 Å². The molecule has 16 heavy (non-hydrogen) atoms. The zero-order valence-corrected chi connectivity index (χ0v) is 10.5. The molecule has 0 amide bonds. The monoisotopic (exact) mass is 258 g/mol. The Kier molecular flexibility index (Phi) is 5.71. The van der Waals surface area contributed by atoms with E-state index in [0.717, 1.165) is 24.3 Å². The molecule has 2 nitrogen and oxygen atoms in total. The number of rotatable bonds is 6. The van der Waals surface area contributed by atoms with E-state index in [1.54, 1.807) is 0 Å². The SMILES string of the molecule is O=C(O)C(S)CCCCc1ccc(Cl)cc1. The highest BCUT2D eigenvalue weighted by Gasteiger charge is 2.10. The molecule has 1 aromatic carbocycles. The minimum Gasteiger partial charge on any atom is -0.480 e. The Hall–Kier alpha value is -0.670. The second-order valence-corrected chi connectivity index (χ2v) is 4.79. The van der Waals surface area contributed by atoms with Gasteiger partial charge in [0.05, 0.1) is 5.25 Å². The molecule has 1 unspecified atom stereocenters. The van der Waals surface area contributed by atoms with Crippen molar-refractivity contribution in [2.45, 2.75) is 30.9 Å². The number of carboxylic acid groups (broad SMARTS) is 1. The zero-order valence-electron chi connectivity index (χ0n) is 8.90. The van der Waals surface area contributed by atoms with Gasteiger partial charge in [-0.3, -0.25) is 4.79 Å². The van der Waals surface area contributed by atoms with Crippen molar-refractivity contribution in [2.75, 3.05) is 0 Å². The van der Waals surface area contributed by atoms with Crippen molar-refractivity contribution in [2.24, 2.45) is 0 Å². The molecule has 0 aliphatic carbocycles. The number of carbonyl (C=O) groups is 1. The summed E-state index contributed by atoms with van der Waals surface area (Å²) in [5, 5.41) is 8.84. The molecule has 0 bridgehead atoms. The molecular weight excluding hydrogens is 244 g/mol. The van der Waals surface area contributed by atoms with Crippen molar-refractivity contribution < 1.29 is 9.90 Å². The molecule has 0 aliphatic rings. The third-order valence-corrected chi connectivity index (χ3v) is 3.12. The highest BCUT2D eigenvalue weighted by Crippen LogP contribution is 2.13. The minimum absolute atomic E-state index is 0.537. The number of thiol groups is 1. The lowest BCUT2D eigenvalue weighted by molar-refractivity contribution is -0.136. The fourth-order valence-electron chi connectivity index (χ4n) is 1.44. The molecule has 0 fully saturated rings. The van der Waals surface area contributed by atoms with Crippen LogP contribution in [0.4, 0.5) is 0 Å². The van der Waals surface area contributed by atoms with Crippen LogP contribution < -0.4 is 0 Å². The van der Waals surface area contributed by atoms with Crippen LogP contribution in [0.3, 0.4) is 0 Å². The van der Waals surface area contributed by atoms with Gasteiger partial charge in [0, 0.05) is 5.02 Å². The summed E-state index contributed by atoms with van der Waals surface area (Å²) in [4.78, 5) is 10.5. The second kappa shape index (κ2) is 6.81. The van der Waals surface area contributed by atoms with Gasteiger partial charge in [-0.15, -0.1) is 0 Å². The average Bonchev–Trinajstić information content (AvgIpc) is 2.26. The van der Waals surface area contributed by atoms with Crippen molar-refractivity contribution in [1.29, 1.82) is 0 Å². The van der Waals surface area contributed by atoms with Gasteiger partial charge in [0.1, 0.15) is 0 Å². The summed E-state index contributed by atoms with van der Waals surface area (Å²) >= 11 is 9.76. The van der Waals surface area contributed by atoms with Crippen LogP contribution in [-0.4, -0.2) is 16.3 Å². The summed E-state index contributed by atoms with van der Waals surface area (Å²) in [6.45, 7) is 0. The number of hydrogen-bond donors (Lipinski definition) is 2. The fourth-order valence-corrected chi connectivity index (χ4v) is 1.75. The normalized spacial score (nSPS) is 12.4. The van der Waals surface area contributed by atoms with Crippen LogP contribution in [0.25, 0.3) is 0 Å². The zero-order chi connectivity index (χ0) is 12.0. The van der Waals surface area contributed by atoms with Gasteiger partial charge in [0.2, 0.25) is 0 Å². The number of halogens is 1. The fraction of sp³-hybridized carbons (Fsp3) is 0.417. The smallest absolute Gasteiger partial charge is 0.316 e. The average molecular weight is 259 g/mol. The Morgan fingerprint density at radius 3 is 2.50 bits per heavy atom. The highest BCUT2D eigenvalue weighted by atomic mass is 35.5. The van der Waals surface area contributed by atoms with Crippen LogP contribution in [0.5, 0.6) is 0 Å². The van der Waals surface area contributed by atoms with E-state index in [-0.39, 0.29) is 0 Å². The third-order valence-electron chi connectivity index (χ3n) is 2.39. The third kappa shape index (κ3) is 4.90. The highest BCUT2D eigenvalue weighted by molar-refractivity contribution is 7.81. The predicted molar refractivity (Wildman–Crippen MR) is 69.4 cm³/mol. The number of carboxylic acids is 1. The lowest BCUT2D eigenvalue weighted by atomic mass is 10.1. The van der Waals surface area contributed by atoms with Crippen molar-refractivity contribution in [3.05, 3.63) is 34.9 Å². The quantitative estimate of drug-likeness (QED) is 0.606. The first kappa shape index (κ1) is 13.4. The minimum atomic E-state index is -0.838. The van der Waals surface area contributed by atoms with E-state index in [2.05, 4.69) is 12.6 Å². The summed E-state index contributed by atoms with van der Waals surface area (Å²) in [6.07, 6.45) is 3.43. The molecule has 0 radical (unpaired) electrons. The lowest BCUT2D eigenvalue weighted by Crippen LogP contribution is -2.12. The Balaban J connectivity index is 2.21. The van der Waals surface area contributed by atoms with Gasteiger partial charge in [-0.05, 0) is 37.0 Å². The van der Waals surface area contributed by atoms with Crippen LogP contribution in [0.2, 0.25) is 5.02 Å². The Bertz CT molecular complexity index is 337. The standard InChI is InChI=1S/C12H15ClO2S/c13-10-7-5-9(6-8-10)3-1-2-4-11(16)12(14)15/h5-8,11,16H,1-4H2,(H,14,15). The predicted octanol–water partition coefficient (Wildman–Crippen LogP) is 3.44. The molecule has 0 saturated heterocycles. The second-order valence-electron chi connectivity index (χ2n) is 3.73. The van der Waals surface area contributed by atoms with Crippen LogP contribution >= 0.6 is 24.2 Å². The van der Waals surface area contributed by atoms with Crippen LogP contribution in [0, 0.1) is 0 Å². The number of benzene rings is 1. The first-order valence-corrected chi connectivity index (χ1v) is 6.14. The van der Waals surface area contributed by atoms with Crippen molar-refractivity contribution in [3.63, 3.8) is 0 Å². The number of aliphatic carboxylic acids is 1. The van der Waals surface area contributed by atoms with E-state index in [1.807, 2.05) is 24.3 Å². The maximum atomic E-state index is 10.5. The number of hydrogen-bond acceptors (Lipinski definition) is 2. The van der Waals surface area contributed by atoms with E-state index >= 15 is 0 Å². The summed E-state index contributed by atoms with van der Waals surface area (Å²) in [6, 6.07) is 7.74. The Morgan fingerprint density at radius 1 is 1.31 bits per heavy atom.